The van der Waals surface area contributed by atoms with Crippen LogP contribution < -0.4 is 0 Å². The summed E-state index contributed by atoms with van der Waals surface area (Å²) >= 11 is 0. The lowest BCUT2D eigenvalue weighted by Gasteiger charge is -2.04. The van der Waals surface area contributed by atoms with Crippen LogP contribution in [0.3, 0.4) is 0 Å². The first-order valence-electron chi connectivity index (χ1n) is 7.01. The zero-order valence-electron chi connectivity index (χ0n) is 12.7. The summed E-state index contributed by atoms with van der Waals surface area (Å²) in [5, 5.41) is 3.55. The SMILES string of the molecule is CC.CCCn1nc(C(F)(F)F)nc1-c1ccc(C)cc1. The number of rotatable bonds is 3. The van der Waals surface area contributed by atoms with Crippen molar-refractivity contribution in [3.63, 3.8) is 0 Å². The minimum absolute atomic E-state index is 0.258. The summed E-state index contributed by atoms with van der Waals surface area (Å²) in [6, 6.07) is 7.19. The molecule has 1 heterocycles. The van der Waals surface area contributed by atoms with Crippen molar-refractivity contribution in [1.82, 2.24) is 14.8 Å². The van der Waals surface area contributed by atoms with Gasteiger partial charge >= 0.3 is 6.18 Å². The van der Waals surface area contributed by atoms with Crippen LogP contribution in [0.4, 0.5) is 13.2 Å². The summed E-state index contributed by atoms with van der Waals surface area (Å²) in [5.41, 5.74) is 1.68. The number of aryl methyl sites for hydroxylation is 2. The van der Waals surface area contributed by atoms with E-state index in [-0.39, 0.29) is 5.82 Å². The Labute approximate surface area is 122 Å². The molecule has 116 valence electrons. The van der Waals surface area contributed by atoms with Crippen molar-refractivity contribution in [2.24, 2.45) is 0 Å². The maximum absolute atomic E-state index is 12.7. The molecule has 0 saturated carbocycles. The van der Waals surface area contributed by atoms with Crippen molar-refractivity contribution in [1.29, 1.82) is 0 Å². The Balaban J connectivity index is 0.00000106. The first-order valence-corrected chi connectivity index (χ1v) is 7.01. The van der Waals surface area contributed by atoms with E-state index in [4.69, 9.17) is 0 Å². The van der Waals surface area contributed by atoms with Crippen LogP contribution in [0.25, 0.3) is 11.4 Å². The van der Waals surface area contributed by atoms with E-state index in [9.17, 15) is 13.2 Å². The molecule has 0 radical (unpaired) electrons. The molecule has 0 fully saturated rings. The standard InChI is InChI=1S/C13H14F3N3.C2H6/c1-3-8-19-11(10-6-4-9(2)5-7-10)17-12(18-19)13(14,15)16;1-2/h4-7H,3,8H2,1-2H3;1-2H3. The van der Waals surface area contributed by atoms with Crippen molar-refractivity contribution in [2.45, 2.75) is 46.8 Å². The van der Waals surface area contributed by atoms with Crippen LogP contribution in [0.5, 0.6) is 0 Å². The average Bonchev–Trinajstić information content (AvgIpc) is 2.86. The van der Waals surface area contributed by atoms with Gasteiger partial charge in [-0.05, 0) is 13.3 Å². The van der Waals surface area contributed by atoms with E-state index in [0.717, 1.165) is 5.56 Å². The fourth-order valence-electron chi connectivity index (χ4n) is 1.75. The maximum atomic E-state index is 12.7. The molecule has 0 aliphatic rings. The van der Waals surface area contributed by atoms with Gasteiger partial charge in [0, 0.05) is 12.1 Å². The van der Waals surface area contributed by atoms with Gasteiger partial charge in [0.1, 0.15) is 0 Å². The molecular formula is C15H20F3N3. The second-order valence-corrected chi connectivity index (χ2v) is 4.35. The molecule has 21 heavy (non-hydrogen) atoms. The zero-order chi connectivity index (χ0) is 16.0. The Kier molecular flexibility index (Phi) is 5.93. The highest BCUT2D eigenvalue weighted by Gasteiger charge is 2.37. The molecule has 1 aromatic carbocycles. The third kappa shape index (κ3) is 4.31. The Morgan fingerprint density at radius 1 is 1.10 bits per heavy atom. The first kappa shape index (κ1) is 17.2. The minimum atomic E-state index is -4.52. The number of alkyl halides is 3. The van der Waals surface area contributed by atoms with Gasteiger partial charge in [0.05, 0.1) is 0 Å². The lowest BCUT2D eigenvalue weighted by atomic mass is 10.1. The largest absolute Gasteiger partial charge is 0.453 e. The number of halogens is 3. The normalized spacial score (nSPS) is 11.0. The topological polar surface area (TPSA) is 30.7 Å². The minimum Gasteiger partial charge on any atom is -0.245 e. The molecule has 0 amide bonds. The Morgan fingerprint density at radius 2 is 1.67 bits per heavy atom. The second kappa shape index (κ2) is 7.24. The summed E-state index contributed by atoms with van der Waals surface area (Å²) < 4.78 is 39.3. The van der Waals surface area contributed by atoms with Gasteiger partial charge in [-0.15, -0.1) is 5.10 Å². The van der Waals surface area contributed by atoms with Gasteiger partial charge in [-0.1, -0.05) is 50.6 Å². The molecule has 0 aliphatic heterocycles. The fourth-order valence-corrected chi connectivity index (χ4v) is 1.75. The van der Waals surface area contributed by atoms with E-state index < -0.39 is 12.0 Å². The molecule has 0 spiro atoms. The molecule has 2 rings (SSSR count). The highest BCUT2D eigenvalue weighted by Crippen LogP contribution is 2.29. The molecule has 6 heteroatoms. The molecular weight excluding hydrogens is 279 g/mol. The van der Waals surface area contributed by atoms with Gasteiger partial charge in [-0.3, -0.25) is 0 Å². The summed E-state index contributed by atoms with van der Waals surface area (Å²) in [4.78, 5) is 3.63. The van der Waals surface area contributed by atoms with Gasteiger partial charge in [0.15, 0.2) is 5.82 Å². The van der Waals surface area contributed by atoms with E-state index in [0.29, 0.717) is 18.5 Å². The number of hydrogen-bond acceptors (Lipinski definition) is 2. The summed E-state index contributed by atoms with van der Waals surface area (Å²) in [6.45, 7) is 8.21. The van der Waals surface area contributed by atoms with Gasteiger partial charge in [0.25, 0.3) is 5.82 Å². The van der Waals surface area contributed by atoms with Crippen LogP contribution in [0.15, 0.2) is 24.3 Å². The Hall–Kier alpha value is -1.85. The molecule has 0 unspecified atom stereocenters. The lowest BCUT2D eigenvalue weighted by Crippen LogP contribution is -2.09. The number of aromatic nitrogens is 3. The molecule has 0 bridgehead atoms. The molecule has 0 atom stereocenters. The molecule has 0 N–H and O–H groups in total. The second-order valence-electron chi connectivity index (χ2n) is 4.35. The van der Waals surface area contributed by atoms with Crippen LogP contribution in [-0.2, 0) is 12.7 Å². The predicted molar refractivity (Wildman–Crippen MR) is 76.8 cm³/mol. The van der Waals surface area contributed by atoms with Crippen LogP contribution >= 0.6 is 0 Å². The molecule has 3 nitrogen and oxygen atoms in total. The van der Waals surface area contributed by atoms with E-state index in [1.165, 1.54) is 4.68 Å². The van der Waals surface area contributed by atoms with Crippen molar-refractivity contribution in [2.75, 3.05) is 0 Å². The van der Waals surface area contributed by atoms with Crippen LogP contribution in [0.2, 0.25) is 0 Å². The summed E-state index contributed by atoms with van der Waals surface area (Å²) in [7, 11) is 0. The van der Waals surface area contributed by atoms with Crippen molar-refractivity contribution >= 4 is 0 Å². The zero-order valence-corrected chi connectivity index (χ0v) is 12.7. The average molecular weight is 299 g/mol. The molecule has 0 saturated heterocycles. The van der Waals surface area contributed by atoms with E-state index in [2.05, 4.69) is 10.1 Å². The van der Waals surface area contributed by atoms with Gasteiger partial charge < -0.3 is 0 Å². The molecule has 2 aromatic rings. The Morgan fingerprint density at radius 3 is 2.14 bits per heavy atom. The Bertz CT molecular complexity index is 557. The van der Waals surface area contributed by atoms with Crippen molar-refractivity contribution in [3.8, 4) is 11.4 Å². The highest BCUT2D eigenvalue weighted by atomic mass is 19.4. The van der Waals surface area contributed by atoms with E-state index >= 15 is 0 Å². The van der Waals surface area contributed by atoms with Gasteiger partial charge in [-0.25, -0.2) is 9.67 Å². The van der Waals surface area contributed by atoms with Crippen LogP contribution in [0, 0.1) is 6.92 Å². The predicted octanol–water partition coefficient (Wildman–Crippen LogP) is 4.71. The van der Waals surface area contributed by atoms with E-state index in [1.54, 1.807) is 12.1 Å². The third-order valence-corrected chi connectivity index (χ3v) is 2.67. The third-order valence-electron chi connectivity index (χ3n) is 2.67. The maximum Gasteiger partial charge on any atom is 0.453 e. The van der Waals surface area contributed by atoms with Gasteiger partial charge in [-0.2, -0.15) is 13.2 Å². The lowest BCUT2D eigenvalue weighted by molar-refractivity contribution is -0.145. The number of benzene rings is 1. The smallest absolute Gasteiger partial charge is 0.245 e. The summed E-state index contributed by atoms with van der Waals surface area (Å²) in [5.74, 6) is -0.828. The number of nitrogens with zero attached hydrogens (tertiary/aromatic N) is 3. The summed E-state index contributed by atoms with van der Waals surface area (Å²) in [6.07, 6.45) is -3.82. The van der Waals surface area contributed by atoms with Crippen molar-refractivity contribution in [3.05, 3.63) is 35.7 Å². The van der Waals surface area contributed by atoms with Gasteiger partial charge in [0.2, 0.25) is 0 Å². The first-order chi connectivity index (χ1) is 9.91. The quantitative estimate of drug-likeness (QED) is 0.822. The monoisotopic (exact) mass is 299 g/mol. The van der Waals surface area contributed by atoms with E-state index in [1.807, 2.05) is 39.8 Å². The molecule has 1 aromatic heterocycles. The van der Waals surface area contributed by atoms with Crippen molar-refractivity contribution < 1.29 is 13.2 Å². The highest BCUT2D eigenvalue weighted by molar-refractivity contribution is 5.55. The van der Waals surface area contributed by atoms with Crippen LogP contribution in [0.1, 0.15) is 38.6 Å². The fraction of sp³-hybridized carbons (Fsp3) is 0.467. The van der Waals surface area contributed by atoms with Crippen LogP contribution in [-0.4, -0.2) is 14.8 Å². The molecule has 0 aliphatic carbocycles. The number of hydrogen-bond donors (Lipinski definition) is 0.